The van der Waals surface area contributed by atoms with Gasteiger partial charge in [-0.25, -0.2) is 0 Å². The van der Waals surface area contributed by atoms with Crippen LogP contribution in [0.4, 0.5) is 0 Å². The smallest absolute Gasteiger partial charge is 0.107 e. The topological polar surface area (TPSA) is 13.1 Å². The molecule has 0 saturated heterocycles. The molecule has 1 nitrogen and oxygen atoms in total. The van der Waals surface area contributed by atoms with Crippen molar-refractivity contribution in [2.45, 2.75) is 40.5 Å². The summed E-state index contributed by atoms with van der Waals surface area (Å²) in [5, 5.41) is 0. The zero-order valence-electron chi connectivity index (χ0n) is 7.82. The molecule has 0 spiro atoms. The summed E-state index contributed by atoms with van der Waals surface area (Å²) in [5.41, 5.74) is 2.74. The van der Waals surface area contributed by atoms with E-state index in [1.165, 1.54) is 16.9 Å². The minimum Gasteiger partial charge on any atom is -0.466 e. The van der Waals surface area contributed by atoms with Gasteiger partial charge in [0.25, 0.3) is 0 Å². The molecule has 0 saturated carbocycles. The van der Waals surface area contributed by atoms with Crippen LogP contribution in [-0.2, 0) is 12.8 Å². The third-order valence-electron chi connectivity index (χ3n) is 2.27. The van der Waals surface area contributed by atoms with E-state index in [9.17, 15) is 0 Å². The maximum Gasteiger partial charge on any atom is 0.107 e. The van der Waals surface area contributed by atoms with Crippen LogP contribution in [0.1, 0.15) is 36.5 Å². The summed E-state index contributed by atoms with van der Waals surface area (Å²) < 4.78 is 5.59. The van der Waals surface area contributed by atoms with Crippen LogP contribution >= 0.6 is 0 Å². The van der Waals surface area contributed by atoms with Gasteiger partial charge < -0.3 is 4.42 Å². The van der Waals surface area contributed by atoms with E-state index in [4.69, 9.17) is 4.42 Å². The van der Waals surface area contributed by atoms with Gasteiger partial charge in [-0.2, -0.15) is 0 Å². The molecule has 0 N–H and O–H groups in total. The highest BCUT2D eigenvalue weighted by Gasteiger charge is 2.09. The maximum atomic E-state index is 5.59. The molecular formula is C10H16O. The van der Waals surface area contributed by atoms with Gasteiger partial charge >= 0.3 is 0 Å². The van der Waals surface area contributed by atoms with Crippen molar-refractivity contribution < 1.29 is 4.42 Å². The first-order valence-corrected chi connectivity index (χ1v) is 4.28. The van der Waals surface area contributed by atoms with Crippen LogP contribution in [0.2, 0.25) is 0 Å². The number of furan rings is 1. The summed E-state index contributed by atoms with van der Waals surface area (Å²) in [5.74, 6) is 2.25. The Balaban J connectivity index is 3.15. The van der Waals surface area contributed by atoms with E-state index in [0.717, 1.165) is 18.6 Å². The molecule has 0 unspecified atom stereocenters. The first kappa shape index (κ1) is 8.38. The Morgan fingerprint density at radius 3 is 2.09 bits per heavy atom. The van der Waals surface area contributed by atoms with Crippen LogP contribution in [0, 0.1) is 13.8 Å². The van der Waals surface area contributed by atoms with Crippen LogP contribution < -0.4 is 0 Å². The predicted molar refractivity (Wildman–Crippen MR) is 46.9 cm³/mol. The highest BCUT2D eigenvalue weighted by molar-refractivity contribution is 5.31. The molecule has 1 rings (SSSR count). The molecule has 0 bridgehead atoms. The lowest BCUT2D eigenvalue weighted by atomic mass is 10.1. The molecule has 1 heterocycles. The van der Waals surface area contributed by atoms with Gasteiger partial charge in [-0.15, -0.1) is 0 Å². The molecule has 62 valence electrons. The number of hydrogen-bond acceptors (Lipinski definition) is 1. The molecule has 0 aliphatic heterocycles. The number of hydrogen-bond donors (Lipinski definition) is 0. The van der Waals surface area contributed by atoms with Gasteiger partial charge in [0.15, 0.2) is 0 Å². The lowest BCUT2D eigenvalue weighted by Gasteiger charge is -1.95. The summed E-state index contributed by atoms with van der Waals surface area (Å²) in [6, 6.07) is 0. The second kappa shape index (κ2) is 3.12. The largest absolute Gasteiger partial charge is 0.466 e. The Morgan fingerprint density at radius 1 is 1.09 bits per heavy atom. The molecule has 0 aliphatic rings. The summed E-state index contributed by atoms with van der Waals surface area (Å²) >= 11 is 0. The third kappa shape index (κ3) is 1.32. The molecule has 0 radical (unpaired) electrons. The molecule has 0 aromatic carbocycles. The quantitative estimate of drug-likeness (QED) is 0.635. The normalized spacial score (nSPS) is 10.5. The first-order chi connectivity index (χ1) is 5.20. The molecule has 0 aliphatic carbocycles. The third-order valence-corrected chi connectivity index (χ3v) is 2.27. The highest BCUT2D eigenvalue weighted by Crippen LogP contribution is 2.21. The second-order valence-corrected chi connectivity index (χ2v) is 2.89. The predicted octanol–water partition coefficient (Wildman–Crippen LogP) is 3.02. The second-order valence-electron chi connectivity index (χ2n) is 2.89. The minimum atomic E-state index is 1.01. The van der Waals surface area contributed by atoms with Crippen LogP contribution in [0.5, 0.6) is 0 Å². The summed E-state index contributed by atoms with van der Waals surface area (Å²) in [6.07, 6.45) is 2.10. The lowest BCUT2D eigenvalue weighted by Crippen LogP contribution is -1.86. The molecule has 0 fully saturated rings. The van der Waals surface area contributed by atoms with Gasteiger partial charge in [0, 0.05) is 6.42 Å². The zero-order chi connectivity index (χ0) is 8.43. The average Bonchev–Trinajstić information content (AvgIpc) is 2.28. The highest BCUT2D eigenvalue weighted by atomic mass is 16.3. The van der Waals surface area contributed by atoms with Crippen molar-refractivity contribution in [2.24, 2.45) is 0 Å². The SMILES string of the molecule is CCc1oc(C)c(C)c1CC. The molecule has 1 heteroatoms. The Bertz CT molecular complexity index is 246. The van der Waals surface area contributed by atoms with E-state index in [1.807, 2.05) is 6.92 Å². The van der Waals surface area contributed by atoms with Crippen LogP contribution in [0.25, 0.3) is 0 Å². The van der Waals surface area contributed by atoms with E-state index in [2.05, 4.69) is 20.8 Å². The maximum absolute atomic E-state index is 5.59. The van der Waals surface area contributed by atoms with Gasteiger partial charge in [0.05, 0.1) is 0 Å². The number of aryl methyl sites for hydroxylation is 2. The molecule has 11 heavy (non-hydrogen) atoms. The standard InChI is InChI=1S/C10H16O/c1-5-9-7(3)8(4)11-10(9)6-2/h5-6H2,1-4H3. The monoisotopic (exact) mass is 152 g/mol. The van der Waals surface area contributed by atoms with E-state index in [-0.39, 0.29) is 0 Å². The van der Waals surface area contributed by atoms with E-state index in [1.54, 1.807) is 0 Å². The molecule has 0 atom stereocenters. The van der Waals surface area contributed by atoms with Gasteiger partial charge in [-0.1, -0.05) is 13.8 Å². The Labute approximate surface area is 68.4 Å². The number of rotatable bonds is 2. The van der Waals surface area contributed by atoms with Crippen molar-refractivity contribution >= 4 is 0 Å². The fraction of sp³-hybridized carbons (Fsp3) is 0.600. The van der Waals surface area contributed by atoms with E-state index in [0.29, 0.717) is 0 Å². The van der Waals surface area contributed by atoms with E-state index < -0.39 is 0 Å². The Hall–Kier alpha value is -0.720. The molecular weight excluding hydrogens is 136 g/mol. The minimum absolute atomic E-state index is 1.01. The average molecular weight is 152 g/mol. The van der Waals surface area contributed by atoms with E-state index >= 15 is 0 Å². The van der Waals surface area contributed by atoms with Crippen LogP contribution in [0.15, 0.2) is 4.42 Å². The van der Waals surface area contributed by atoms with Crippen molar-refractivity contribution in [1.82, 2.24) is 0 Å². The Kier molecular flexibility index (Phi) is 2.38. The molecule has 1 aromatic heterocycles. The van der Waals surface area contributed by atoms with Crippen LogP contribution in [-0.4, -0.2) is 0 Å². The van der Waals surface area contributed by atoms with Crippen molar-refractivity contribution in [3.05, 3.63) is 22.6 Å². The van der Waals surface area contributed by atoms with Crippen LogP contribution in [0.3, 0.4) is 0 Å². The van der Waals surface area contributed by atoms with Gasteiger partial charge in [-0.3, -0.25) is 0 Å². The van der Waals surface area contributed by atoms with Crippen molar-refractivity contribution in [3.8, 4) is 0 Å². The summed E-state index contributed by atoms with van der Waals surface area (Å²) in [6.45, 7) is 8.48. The fourth-order valence-electron chi connectivity index (χ4n) is 1.49. The van der Waals surface area contributed by atoms with Crippen molar-refractivity contribution in [3.63, 3.8) is 0 Å². The first-order valence-electron chi connectivity index (χ1n) is 4.28. The summed E-state index contributed by atoms with van der Waals surface area (Å²) in [4.78, 5) is 0. The summed E-state index contributed by atoms with van der Waals surface area (Å²) in [7, 11) is 0. The van der Waals surface area contributed by atoms with Gasteiger partial charge in [-0.05, 0) is 31.4 Å². The molecule has 0 amide bonds. The fourth-order valence-corrected chi connectivity index (χ4v) is 1.49. The van der Waals surface area contributed by atoms with Gasteiger partial charge in [0.1, 0.15) is 11.5 Å². The Morgan fingerprint density at radius 2 is 1.73 bits per heavy atom. The van der Waals surface area contributed by atoms with Crippen molar-refractivity contribution in [1.29, 1.82) is 0 Å². The molecule has 1 aromatic rings. The zero-order valence-corrected chi connectivity index (χ0v) is 7.82. The van der Waals surface area contributed by atoms with Crippen molar-refractivity contribution in [2.75, 3.05) is 0 Å². The van der Waals surface area contributed by atoms with Gasteiger partial charge in [0.2, 0.25) is 0 Å². The lowest BCUT2D eigenvalue weighted by molar-refractivity contribution is 0.484.